The average molecular weight is 303 g/mol. The second-order valence-electron chi connectivity index (χ2n) is 4.55. The molecule has 0 aromatic heterocycles. The van der Waals surface area contributed by atoms with Gasteiger partial charge >= 0.3 is 0 Å². The van der Waals surface area contributed by atoms with Crippen LogP contribution >= 0.6 is 15.9 Å². The number of nitrogens with two attached hydrogens (primary N) is 1. The number of hydrogen-bond acceptors (Lipinski definition) is 2. The van der Waals surface area contributed by atoms with Crippen LogP contribution in [0.4, 0.5) is 4.39 Å². The zero-order valence-electron chi connectivity index (χ0n) is 10.3. The quantitative estimate of drug-likeness (QED) is 0.617. The minimum absolute atomic E-state index is 0.00329. The summed E-state index contributed by atoms with van der Waals surface area (Å²) in [6.07, 6.45) is 3.24. The Bertz CT molecular complexity index is 337. The van der Waals surface area contributed by atoms with Gasteiger partial charge in [-0.2, -0.15) is 0 Å². The third kappa shape index (κ3) is 4.74. The van der Waals surface area contributed by atoms with Crippen molar-refractivity contribution in [1.82, 2.24) is 5.43 Å². The van der Waals surface area contributed by atoms with Gasteiger partial charge in [-0.3, -0.25) is 11.3 Å². The Hall–Kier alpha value is -0.450. The predicted octanol–water partition coefficient (Wildman–Crippen LogP) is 3.92. The van der Waals surface area contributed by atoms with Crippen LogP contribution in [0.15, 0.2) is 22.7 Å². The smallest absolute Gasteiger partial charge is 0.124 e. The van der Waals surface area contributed by atoms with E-state index in [1.807, 2.05) is 6.07 Å². The van der Waals surface area contributed by atoms with Crippen LogP contribution in [0.2, 0.25) is 0 Å². The first-order valence-electron chi connectivity index (χ1n) is 5.99. The number of rotatable bonds is 6. The molecule has 0 radical (unpaired) electrons. The molecular weight excluding hydrogens is 283 g/mol. The van der Waals surface area contributed by atoms with Crippen LogP contribution in [0.3, 0.4) is 0 Å². The third-order valence-electron chi connectivity index (χ3n) is 2.91. The van der Waals surface area contributed by atoms with Crippen LogP contribution in [-0.2, 0) is 0 Å². The van der Waals surface area contributed by atoms with Crippen molar-refractivity contribution in [2.75, 3.05) is 0 Å². The van der Waals surface area contributed by atoms with Crippen molar-refractivity contribution >= 4 is 15.9 Å². The Kier molecular flexibility index (Phi) is 6.09. The molecule has 2 unspecified atom stereocenters. The van der Waals surface area contributed by atoms with E-state index in [9.17, 15) is 4.39 Å². The van der Waals surface area contributed by atoms with Crippen LogP contribution in [-0.4, -0.2) is 0 Å². The molecule has 0 saturated heterocycles. The molecule has 0 amide bonds. The van der Waals surface area contributed by atoms with Gasteiger partial charge in [-0.25, -0.2) is 4.39 Å². The minimum Gasteiger partial charge on any atom is -0.271 e. The molecule has 0 saturated carbocycles. The molecule has 0 aliphatic heterocycles. The maximum absolute atomic E-state index is 13.3. The van der Waals surface area contributed by atoms with Crippen molar-refractivity contribution in [1.29, 1.82) is 0 Å². The Labute approximate surface area is 111 Å². The monoisotopic (exact) mass is 302 g/mol. The molecule has 1 aromatic carbocycles. The summed E-state index contributed by atoms with van der Waals surface area (Å²) in [4.78, 5) is 0. The van der Waals surface area contributed by atoms with Gasteiger partial charge in [-0.05, 0) is 36.1 Å². The summed E-state index contributed by atoms with van der Waals surface area (Å²) in [7, 11) is 0. The molecule has 1 rings (SSSR count). The highest BCUT2D eigenvalue weighted by atomic mass is 79.9. The van der Waals surface area contributed by atoms with Crippen molar-refractivity contribution in [3.63, 3.8) is 0 Å². The summed E-state index contributed by atoms with van der Waals surface area (Å²) in [6, 6.07) is 4.90. The van der Waals surface area contributed by atoms with Gasteiger partial charge in [0.05, 0.1) is 0 Å². The van der Waals surface area contributed by atoms with Crippen molar-refractivity contribution in [2.45, 2.75) is 39.2 Å². The second kappa shape index (κ2) is 7.09. The molecule has 1 aromatic rings. The maximum atomic E-state index is 13.3. The molecule has 0 fully saturated rings. The van der Waals surface area contributed by atoms with Gasteiger partial charge in [0.25, 0.3) is 0 Å². The molecule has 2 nitrogen and oxygen atoms in total. The van der Waals surface area contributed by atoms with E-state index in [1.165, 1.54) is 12.1 Å². The lowest BCUT2D eigenvalue weighted by Gasteiger charge is -2.20. The predicted molar refractivity (Wildman–Crippen MR) is 72.9 cm³/mol. The maximum Gasteiger partial charge on any atom is 0.124 e. The van der Waals surface area contributed by atoms with Crippen molar-refractivity contribution in [3.05, 3.63) is 34.1 Å². The lowest BCUT2D eigenvalue weighted by Crippen LogP contribution is -2.29. The minimum atomic E-state index is -0.238. The molecule has 17 heavy (non-hydrogen) atoms. The summed E-state index contributed by atoms with van der Waals surface area (Å²) in [5.74, 6) is 5.90. The number of nitrogens with one attached hydrogen (secondary N) is 1. The van der Waals surface area contributed by atoms with Crippen molar-refractivity contribution in [2.24, 2.45) is 11.8 Å². The molecule has 0 bridgehead atoms. The largest absolute Gasteiger partial charge is 0.271 e. The van der Waals surface area contributed by atoms with Crippen LogP contribution in [0.5, 0.6) is 0 Å². The molecular formula is C13H20BrFN2. The van der Waals surface area contributed by atoms with E-state index in [4.69, 9.17) is 5.84 Å². The van der Waals surface area contributed by atoms with Gasteiger partial charge in [0, 0.05) is 10.5 Å². The van der Waals surface area contributed by atoms with E-state index in [1.54, 1.807) is 0 Å². The van der Waals surface area contributed by atoms with E-state index in [0.717, 1.165) is 29.3 Å². The summed E-state index contributed by atoms with van der Waals surface area (Å²) in [5, 5.41) is 0. The van der Waals surface area contributed by atoms with Crippen LogP contribution in [0, 0.1) is 11.7 Å². The molecule has 0 heterocycles. The first kappa shape index (κ1) is 14.6. The van der Waals surface area contributed by atoms with Crippen molar-refractivity contribution < 1.29 is 4.39 Å². The number of halogens is 2. The first-order chi connectivity index (χ1) is 8.06. The zero-order chi connectivity index (χ0) is 12.8. The fourth-order valence-electron chi connectivity index (χ4n) is 2.09. The van der Waals surface area contributed by atoms with Crippen LogP contribution < -0.4 is 11.3 Å². The zero-order valence-corrected chi connectivity index (χ0v) is 11.9. The van der Waals surface area contributed by atoms with Gasteiger partial charge in [-0.15, -0.1) is 0 Å². The van der Waals surface area contributed by atoms with Gasteiger partial charge in [0.2, 0.25) is 0 Å². The van der Waals surface area contributed by atoms with Crippen molar-refractivity contribution in [3.8, 4) is 0 Å². The van der Waals surface area contributed by atoms with Gasteiger partial charge < -0.3 is 0 Å². The van der Waals surface area contributed by atoms with E-state index in [-0.39, 0.29) is 11.9 Å². The fourth-order valence-corrected chi connectivity index (χ4v) is 2.57. The van der Waals surface area contributed by atoms with E-state index >= 15 is 0 Å². The van der Waals surface area contributed by atoms with Crippen LogP contribution in [0.1, 0.15) is 44.7 Å². The van der Waals surface area contributed by atoms with Crippen LogP contribution in [0.25, 0.3) is 0 Å². The topological polar surface area (TPSA) is 38.0 Å². The standard InChI is InChI=1S/C13H20BrFN2/c1-3-4-9(2)5-13(17-16)10-6-11(14)8-12(15)7-10/h6-9,13,17H,3-5,16H2,1-2H3. The Balaban J connectivity index is 2.78. The molecule has 0 aliphatic rings. The Morgan fingerprint density at radius 2 is 2.12 bits per heavy atom. The normalized spacial score (nSPS) is 14.6. The van der Waals surface area contributed by atoms with Gasteiger partial charge in [0.15, 0.2) is 0 Å². The molecule has 0 spiro atoms. The SMILES string of the molecule is CCCC(C)CC(NN)c1cc(F)cc(Br)c1. The summed E-state index contributed by atoms with van der Waals surface area (Å²) in [6.45, 7) is 4.36. The summed E-state index contributed by atoms with van der Waals surface area (Å²) in [5.41, 5.74) is 3.67. The van der Waals surface area contributed by atoms with Gasteiger partial charge in [-0.1, -0.05) is 42.6 Å². The average Bonchev–Trinajstić information content (AvgIpc) is 2.24. The highest BCUT2D eigenvalue weighted by Crippen LogP contribution is 2.26. The lowest BCUT2D eigenvalue weighted by molar-refractivity contribution is 0.393. The number of hydrazine groups is 1. The van der Waals surface area contributed by atoms with E-state index in [0.29, 0.717) is 5.92 Å². The molecule has 3 N–H and O–H groups in total. The Morgan fingerprint density at radius 3 is 2.65 bits per heavy atom. The molecule has 96 valence electrons. The van der Waals surface area contributed by atoms with E-state index < -0.39 is 0 Å². The second-order valence-corrected chi connectivity index (χ2v) is 5.47. The van der Waals surface area contributed by atoms with Gasteiger partial charge in [0.1, 0.15) is 5.82 Å². The first-order valence-corrected chi connectivity index (χ1v) is 6.78. The highest BCUT2D eigenvalue weighted by molar-refractivity contribution is 9.10. The fraction of sp³-hybridized carbons (Fsp3) is 0.538. The Morgan fingerprint density at radius 1 is 1.41 bits per heavy atom. The lowest BCUT2D eigenvalue weighted by atomic mass is 9.93. The molecule has 0 aliphatic carbocycles. The third-order valence-corrected chi connectivity index (χ3v) is 3.37. The summed E-state index contributed by atoms with van der Waals surface area (Å²) >= 11 is 3.30. The highest BCUT2D eigenvalue weighted by Gasteiger charge is 2.14. The number of benzene rings is 1. The van der Waals surface area contributed by atoms with E-state index in [2.05, 4.69) is 35.2 Å². The molecule has 4 heteroatoms. The number of hydrogen-bond donors (Lipinski definition) is 2. The molecule has 2 atom stereocenters. The summed E-state index contributed by atoms with van der Waals surface area (Å²) < 4.78 is 14.1.